The third-order valence-corrected chi connectivity index (χ3v) is 3.11. The Morgan fingerprint density at radius 1 is 1.29 bits per heavy atom. The van der Waals surface area contributed by atoms with E-state index in [2.05, 4.69) is 55.5 Å². The normalized spacial score (nSPS) is 26.4. The molecule has 2 atom stereocenters. The molecule has 0 spiro atoms. The van der Waals surface area contributed by atoms with Gasteiger partial charge in [-0.1, -0.05) is 30.3 Å². The summed E-state index contributed by atoms with van der Waals surface area (Å²) in [4.78, 5) is 0. The average molecular weight is 234 g/mol. The van der Waals surface area contributed by atoms with Crippen molar-refractivity contribution in [3.05, 3.63) is 35.9 Å². The number of rotatable bonds is 3. The van der Waals surface area contributed by atoms with Gasteiger partial charge in [-0.05, 0) is 26.3 Å². The summed E-state index contributed by atoms with van der Waals surface area (Å²) in [6.07, 6.45) is 0.163. The van der Waals surface area contributed by atoms with Gasteiger partial charge in [0.1, 0.15) is 0 Å². The second kappa shape index (κ2) is 5.63. The quantitative estimate of drug-likeness (QED) is 0.869. The summed E-state index contributed by atoms with van der Waals surface area (Å²) in [7, 11) is 0. The maximum Gasteiger partial charge on any atom is 0.0991 e. The number of hydrogen-bond donors (Lipinski definition) is 1. The van der Waals surface area contributed by atoms with Crippen LogP contribution in [0.15, 0.2) is 30.3 Å². The Labute approximate surface area is 104 Å². The van der Waals surface area contributed by atoms with Crippen LogP contribution in [-0.2, 0) is 4.74 Å². The third-order valence-electron chi connectivity index (χ3n) is 3.11. The van der Waals surface area contributed by atoms with Gasteiger partial charge >= 0.3 is 0 Å². The van der Waals surface area contributed by atoms with Crippen LogP contribution < -0.4 is 5.43 Å². The standard InChI is InChI=1S/C14H22N2O/c1-11(2)15-16-9-10-17-14(12(16)3)13-7-5-4-6-8-13/h4-8,11-12,14-15H,9-10H2,1-3H3. The first-order valence-corrected chi connectivity index (χ1v) is 6.38. The van der Waals surface area contributed by atoms with Crippen molar-refractivity contribution in [3.63, 3.8) is 0 Å². The minimum atomic E-state index is 0.163. The molecular weight excluding hydrogens is 212 g/mol. The molecule has 94 valence electrons. The van der Waals surface area contributed by atoms with Crippen LogP contribution in [0.1, 0.15) is 32.4 Å². The van der Waals surface area contributed by atoms with Crippen LogP contribution >= 0.6 is 0 Å². The Morgan fingerprint density at radius 3 is 2.65 bits per heavy atom. The maximum atomic E-state index is 5.91. The van der Waals surface area contributed by atoms with Gasteiger partial charge in [0.25, 0.3) is 0 Å². The van der Waals surface area contributed by atoms with E-state index in [0.29, 0.717) is 12.1 Å². The van der Waals surface area contributed by atoms with Gasteiger partial charge < -0.3 is 4.74 Å². The summed E-state index contributed by atoms with van der Waals surface area (Å²) in [6, 6.07) is 11.3. The van der Waals surface area contributed by atoms with E-state index >= 15 is 0 Å². The summed E-state index contributed by atoms with van der Waals surface area (Å²) >= 11 is 0. The number of hydrazine groups is 1. The first-order valence-electron chi connectivity index (χ1n) is 6.38. The summed E-state index contributed by atoms with van der Waals surface area (Å²) in [5.41, 5.74) is 4.74. The fourth-order valence-corrected chi connectivity index (χ4v) is 2.32. The van der Waals surface area contributed by atoms with Crippen molar-refractivity contribution in [3.8, 4) is 0 Å². The lowest BCUT2D eigenvalue weighted by Gasteiger charge is -2.40. The third kappa shape index (κ3) is 3.06. The molecule has 1 aromatic rings. The van der Waals surface area contributed by atoms with Crippen LogP contribution in [0.25, 0.3) is 0 Å². The molecule has 1 aromatic carbocycles. The van der Waals surface area contributed by atoms with Crippen LogP contribution in [0.2, 0.25) is 0 Å². The molecule has 0 aromatic heterocycles. The molecule has 1 N–H and O–H groups in total. The second-order valence-electron chi connectivity index (χ2n) is 4.92. The minimum absolute atomic E-state index is 0.163. The van der Waals surface area contributed by atoms with Gasteiger partial charge in [-0.25, -0.2) is 5.01 Å². The van der Waals surface area contributed by atoms with Gasteiger partial charge in [0.15, 0.2) is 0 Å². The van der Waals surface area contributed by atoms with Crippen molar-refractivity contribution in [2.24, 2.45) is 0 Å². The van der Waals surface area contributed by atoms with E-state index in [-0.39, 0.29) is 6.10 Å². The van der Waals surface area contributed by atoms with E-state index in [4.69, 9.17) is 4.74 Å². The van der Waals surface area contributed by atoms with Gasteiger partial charge in [0.05, 0.1) is 18.8 Å². The van der Waals surface area contributed by atoms with E-state index < -0.39 is 0 Å². The lowest BCUT2D eigenvalue weighted by molar-refractivity contribution is -0.0905. The summed E-state index contributed by atoms with van der Waals surface area (Å²) in [5, 5.41) is 2.30. The first-order chi connectivity index (χ1) is 8.18. The highest BCUT2D eigenvalue weighted by molar-refractivity contribution is 5.19. The SMILES string of the molecule is CC(C)NN1CCOC(c2ccccc2)C1C. The van der Waals surface area contributed by atoms with E-state index in [1.807, 2.05) is 6.07 Å². The molecular formula is C14H22N2O. The van der Waals surface area contributed by atoms with E-state index in [9.17, 15) is 0 Å². The molecule has 1 fully saturated rings. The van der Waals surface area contributed by atoms with Gasteiger partial charge in [-0.15, -0.1) is 0 Å². The minimum Gasteiger partial charge on any atom is -0.370 e. The molecule has 1 aliphatic rings. The molecule has 0 aliphatic carbocycles. The van der Waals surface area contributed by atoms with Gasteiger partial charge in [0, 0.05) is 12.6 Å². The molecule has 1 aliphatic heterocycles. The van der Waals surface area contributed by atoms with Crippen LogP contribution in [-0.4, -0.2) is 30.2 Å². The Morgan fingerprint density at radius 2 is 2.00 bits per heavy atom. The Hall–Kier alpha value is -0.900. The van der Waals surface area contributed by atoms with Crippen molar-refractivity contribution in [2.45, 2.75) is 39.0 Å². The fourth-order valence-electron chi connectivity index (χ4n) is 2.32. The maximum absolute atomic E-state index is 5.91. The van der Waals surface area contributed by atoms with Crippen LogP contribution in [0.5, 0.6) is 0 Å². The highest BCUT2D eigenvalue weighted by atomic mass is 16.5. The highest BCUT2D eigenvalue weighted by Crippen LogP contribution is 2.27. The second-order valence-corrected chi connectivity index (χ2v) is 4.92. The van der Waals surface area contributed by atoms with Crippen molar-refractivity contribution in [2.75, 3.05) is 13.2 Å². The first kappa shape index (κ1) is 12.6. The molecule has 1 heterocycles. The Balaban J connectivity index is 2.08. The number of morpholine rings is 1. The summed E-state index contributed by atoms with van der Waals surface area (Å²) < 4.78 is 5.91. The van der Waals surface area contributed by atoms with Crippen LogP contribution in [0.3, 0.4) is 0 Å². The van der Waals surface area contributed by atoms with Crippen LogP contribution in [0, 0.1) is 0 Å². The zero-order valence-corrected chi connectivity index (χ0v) is 10.9. The number of nitrogens with one attached hydrogen (secondary N) is 1. The Kier molecular flexibility index (Phi) is 4.15. The summed E-state index contributed by atoms with van der Waals surface area (Å²) in [6.45, 7) is 8.28. The lowest BCUT2D eigenvalue weighted by atomic mass is 10.0. The smallest absolute Gasteiger partial charge is 0.0991 e. The van der Waals surface area contributed by atoms with Crippen LogP contribution in [0.4, 0.5) is 0 Å². The van der Waals surface area contributed by atoms with Crippen molar-refractivity contribution >= 4 is 0 Å². The molecule has 1 saturated heterocycles. The largest absolute Gasteiger partial charge is 0.370 e. The molecule has 17 heavy (non-hydrogen) atoms. The predicted molar refractivity (Wildman–Crippen MR) is 69.6 cm³/mol. The number of benzene rings is 1. The average Bonchev–Trinajstić information content (AvgIpc) is 2.32. The number of ether oxygens (including phenoxy) is 1. The predicted octanol–water partition coefficient (Wildman–Crippen LogP) is 2.36. The van der Waals surface area contributed by atoms with Crippen molar-refractivity contribution < 1.29 is 4.74 Å². The van der Waals surface area contributed by atoms with Gasteiger partial charge in [0.2, 0.25) is 0 Å². The highest BCUT2D eigenvalue weighted by Gasteiger charge is 2.29. The zero-order chi connectivity index (χ0) is 12.3. The monoisotopic (exact) mass is 234 g/mol. The topological polar surface area (TPSA) is 24.5 Å². The molecule has 0 bridgehead atoms. The molecule has 0 amide bonds. The molecule has 0 radical (unpaired) electrons. The van der Waals surface area contributed by atoms with Gasteiger partial charge in [-0.3, -0.25) is 5.43 Å². The molecule has 3 nitrogen and oxygen atoms in total. The van der Waals surface area contributed by atoms with Gasteiger partial charge in [-0.2, -0.15) is 0 Å². The molecule has 2 unspecified atom stereocenters. The lowest BCUT2D eigenvalue weighted by Crippen LogP contribution is -2.54. The Bertz CT molecular complexity index is 339. The molecule has 0 saturated carbocycles. The summed E-state index contributed by atoms with van der Waals surface area (Å²) in [5.74, 6) is 0. The molecule has 3 heteroatoms. The van der Waals surface area contributed by atoms with E-state index in [1.54, 1.807) is 0 Å². The fraction of sp³-hybridized carbons (Fsp3) is 0.571. The number of hydrogen-bond acceptors (Lipinski definition) is 3. The van der Waals surface area contributed by atoms with Crippen molar-refractivity contribution in [1.82, 2.24) is 10.4 Å². The number of nitrogens with zero attached hydrogens (tertiary/aromatic N) is 1. The van der Waals surface area contributed by atoms with E-state index in [1.165, 1.54) is 5.56 Å². The molecule has 2 rings (SSSR count). The van der Waals surface area contributed by atoms with E-state index in [0.717, 1.165) is 13.2 Å². The zero-order valence-electron chi connectivity index (χ0n) is 10.9. The van der Waals surface area contributed by atoms with Crippen molar-refractivity contribution in [1.29, 1.82) is 0 Å².